The molecule has 11 heteroatoms. The highest BCUT2D eigenvalue weighted by molar-refractivity contribution is 7.05. The van der Waals surface area contributed by atoms with Crippen molar-refractivity contribution >= 4 is 23.4 Å². The normalized spacial score (nSPS) is 16.6. The molecule has 1 aliphatic heterocycles. The minimum Gasteiger partial charge on any atom is -0.342 e. The highest BCUT2D eigenvalue weighted by atomic mass is 32.1. The molecule has 142 valence electrons. The van der Waals surface area contributed by atoms with Gasteiger partial charge >= 0.3 is 6.18 Å². The predicted molar refractivity (Wildman–Crippen MR) is 90.2 cm³/mol. The van der Waals surface area contributed by atoms with Crippen molar-refractivity contribution < 1.29 is 18.0 Å². The van der Waals surface area contributed by atoms with Crippen molar-refractivity contribution in [3.63, 3.8) is 0 Å². The van der Waals surface area contributed by atoms with Crippen molar-refractivity contribution in [1.29, 1.82) is 0 Å². The molecule has 1 aliphatic rings. The molecule has 0 saturated carbocycles. The van der Waals surface area contributed by atoms with Gasteiger partial charge in [0.2, 0.25) is 5.95 Å². The molecule has 1 amide bonds. The lowest BCUT2D eigenvalue weighted by Gasteiger charge is -2.25. The summed E-state index contributed by atoms with van der Waals surface area (Å²) in [6.45, 7) is 4.74. The lowest BCUT2D eigenvalue weighted by atomic mass is 10.1. The summed E-state index contributed by atoms with van der Waals surface area (Å²) in [7, 11) is 0. The fourth-order valence-corrected chi connectivity index (χ4v) is 3.52. The zero-order valence-electron chi connectivity index (χ0n) is 14.4. The number of carbonyl (C=O) groups is 1. The van der Waals surface area contributed by atoms with Gasteiger partial charge in [0, 0.05) is 18.7 Å². The Balaban J connectivity index is 1.68. The van der Waals surface area contributed by atoms with Crippen molar-refractivity contribution in [2.75, 3.05) is 18.0 Å². The van der Waals surface area contributed by atoms with Crippen LogP contribution in [0.3, 0.4) is 0 Å². The highest BCUT2D eigenvalue weighted by Crippen LogP contribution is 2.31. The first-order valence-electron chi connectivity index (χ1n) is 8.29. The monoisotopic (exact) mass is 388 g/mol. The van der Waals surface area contributed by atoms with E-state index < -0.39 is 23.8 Å². The first-order valence-corrected chi connectivity index (χ1v) is 9.06. The summed E-state index contributed by atoms with van der Waals surface area (Å²) in [4.78, 5) is 18.8. The minimum absolute atomic E-state index is 0.228. The van der Waals surface area contributed by atoms with E-state index in [4.69, 9.17) is 0 Å². The lowest BCUT2D eigenvalue weighted by Crippen LogP contribution is -2.30. The van der Waals surface area contributed by atoms with Gasteiger partial charge in [-0.05, 0) is 44.6 Å². The number of aromatic amines is 1. The Morgan fingerprint density at radius 3 is 2.62 bits per heavy atom. The van der Waals surface area contributed by atoms with Crippen LogP contribution < -0.4 is 10.2 Å². The van der Waals surface area contributed by atoms with Crippen molar-refractivity contribution in [2.45, 2.75) is 45.3 Å². The van der Waals surface area contributed by atoms with Gasteiger partial charge in [-0.1, -0.05) is 0 Å². The van der Waals surface area contributed by atoms with Crippen LogP contribution >= 0.6 is 11.5 Å². The molecule has 3 rings (SSSR count). The number of nitrogens with one attached hydrogen (secondary N) is 2. The molecule has 0 bridgehead atoms. The van der Waals surface area contributed by atoms with Gasteiger partial charge in [0.1, 0.15) is 10.7 Å². The number of H-pyrrole nitrogens is 1. The SMILES string of the molecule is Cc1c(C(=O)N[C@H](C)c2nc(N3CCCCC3)ns2)n[nH]c1C(F)(F)F. The second-order valence-electron chi connectivity index (χ2n) is 6.25. The van der Waals surface area contributed by atoms with Gasteiger partial charge in [-0.25, -0.2) is 4.98 Å². The van der Waals surface area contributed by atoms with Crippen LogP contribution in [0.4, 0.5) is 19.1 Å². The molecule has 0 aliphatic carbocycles. The van der Waals surface area contributed by atoms with Crippen LogP contribution in [-0.4, -0.2) is 38.6 Å². The van der Waals surface area contributed by atoms with Gasteiger partial charge in [0.25, 0.3) is 5.91 Å². The Morgan fingerprint density at radius 2 is 2.00 bits per heavy atom. The molecule has 1 atom stereocenters. The van der Waals surface area contributed by atoms with E-state index in [9.17, 15) is 18.0 Å². The average Bonchev–Trinajstić information content (AvgIpc) is 3.22. The Labute approximate surface area is 152 Å². The molecular formula is C15H19F3N6OS. The smallest absolute Gasteiger partial charge is 0.342 e. The maximum atomic E-state index is 12.8. The first kappa shape index (κ1) is 18.6. The second kappa shape index (κ2) is 7.22. The van der Waals surface area contributed by atoms with Crippen LogP contribution in [0, 0.1) is 6.92 Å². The summed E-state index contributed by atoms with van der Waals surface area (Å²) in [5.41, 5.74) is -1.52. The Bertz CT molecular complexity index is 781. The first-order chi connectivity index (χ1) is 12.3. The van der Waals surface area contributed by atoms with E-state index in [2.05, 4.69) is 24.7 Å². The van der Waals surface area contributed by atoms with Gasteiger partial charge < -0.3 is 10.2 Å². The van der Waals surface area contributed by atoms with Crippen LogP contribution in [0.1, 0.15) is 59.0 Å². The number of rotatable bonds is 4. The van der Waals surface area contributed by atoms with E-state index in [1.54, 1.807) is 6.92 Å². The molecule has 0 aromatic carbocycles. The number of alkyl halides is 3. The molecule has 26 heavy (non-hydrogen) atoms. The molecule has 1 fully saturated rings. The quantitative estimate of drug-likeness (QED) is 0.841. The lowest BCUT2D eigenvalue weighted by molar-refractivity contribution is -0.141. The predicted octanol–water partition coefficient (Wildman–Crippen LogP) is 3.07. The number of piperidine rings is 1. The molecule has 0 unspecified atom stereocenters. The number of hydrogen-bond donors (Lipinski definition) is 2. The Morgan fingerprint density at radius 1 is 1.31 bits per heavy atom. The number of aromatic nitrogens is 4. The zero-order chi connectivity index (χ0) is 18.9. The molecule has 0 spiro atoms. The van der Waals surface area contributed by atoms with E-state index >= 15 is 0 Å². The summed E-state index contributed by atoms with van der Waals surface area (Å²) in [5, 5.41) is 8.63. The van der Waals surface area contributed by atoms with Crippen molar-refractivity contribution in [3.8, 4) is 0 Å². The molecule has 1 saturated heterocycles. The number of amides is 1. The summed E-state index contributed by atoms with van der Waals surface area (Å²) in [6.07, 6.45) is -1.19. The average molecular weight is 388 g/mol. The highest BCUT2D eigenvalue weighted by Gasteiger charge is 2.37. The van der Waals surface area contributed by atoms with E-state index in [-0.39, 0.29) is 11.3 Å². The van der Waals surface area contributed by atoms with Gasteiger partial charge in [-0.3, -0.25) is 9.89 Å². The van der Waals surface area contributed by atoms with Gasteiger partial charge in [-0.15, -0.1) is 0 Å². The van der Waals surface area contributed by atoms with Crippen LogP contribution in [0.5, 0.6) is 0 Å². The Kier molecular flexibility index (Phi) is 5.17. The standard InChI is InChI=1S/C15H19F3N6OS/c1-8-10(21-22-11(8)15(16,17)18)12(25)19-9(2)13-20-14(23-26-13)24-6-4-3-5-7-24/h9H,3-7H2,1-2H3,(H,19,25)(H,21,22)/t9-/m1/s1. The van der Waals surface area contributed by atoms with Crippen LogP contribution in [0.25, 0.3) is 0 Å². The van der Waals surface area contributed by atoms with E-state index in [0.29, 0.717) is 11.0 Å². The minimum atomic E-state index is -4.58. The number of carbonyl (C=O) groups excluding carboxylic acids is 1. The Hall–Kier alpha value is -2.17. The topological polar surface area (TPSA) is 86.8 Å². The van der Waals surface area contributed by atoms with Gasteiger partial charge in [-0.2, -0.15) is 22.6 Å². The summed E-state index contributed by atoms with van der Waals surface area (Å²) in [5.74, 6) is -0.0439. The van der Waals surface area contributed by atoms with Crippen LogP contribution in [0.15, 0.2) is 0 Å². The number of nitrogens with zero attached hydrogens (tertiary/aromatic N) is 4. The maximum absolute atomic E-state index is 12.8. The molecule has 2 aromatic rings. The molecular weight excluding hydrogens is 369 g/mol. The zero-order valence-corrected chi connectivity index (χ0v) is 15.2. The van der Waals surface area contributed by atoms with Gasteiger partial charge in [0.15, 0.2) is 5.69 Å². The molecule has 7 nitrogen and oxygen atoms in total. The fourth-order valence-electron chi connectivity index (χ4n) is 2.85. The van der Waals surface area contributed by atoms with E-state index in [1.807, 2.05) is 5.10 Å². The largest absolute Gasteiger partial charge is 0.433 e. The van der Waals surface area contributed by atoms with Crippen molar-refractivity contribution in [3.05, 3.63) is 22.0 Å². The summed E-state index contributed by atoms with van der Waals surface area (Å²) < 4.78 is 42.8. The molecule has 3 heterocycles. The van der Waals surface area contributed by atoms with E-state index in [1.165, 1.54) is 24.9 Å². The number of hydrogen-bond acceptors (Lipinski definition) is 6. The third-order valence-electron chi connectivity index (χ3n) is 4.30. The van der Waals surface area contributed by atoms with Crippen molar-refractivity contribution in [2.24, 2.45) is 0 Å². The number of anilines is 1. The number of halogens is 3. The van der Waals surface area contributed by atoms with E-state index in [0.717, 1.165) is 25.9 Å². The molecule has 2 aromatic heterocycles. The van der Waals surface area contributed by atoms with Crippen LogP contribution in [-0.2, 0) is 6.18 Å². The molecule has 0 radical (unpaired) electrons. The fraction of sp³-hybridized carbons (Fsp3) is 0.600. The van der Waals surface area contributed by atoms with Crippen LogP contribution in [0.2, 0.25) is 0 Å². The third kappa shape index (κ3) is 3.81. The summed E-state index contributed by atoms with van der Waals surface area (Å²) >= 11 is 1.18. The second-order valence-corrected chi connectivity index (χ2v) is 7.03. The molecule has 2 N–H and O–H groups in total. The van der Waals surface area contributed by atoms with Gasteiger partial charge in [0.05, 0.1) is 6.04 Å². The maximum Gasteiger partial charge on any atom is 0.433 e. The third-order valence-corrected chi connectivity index (χ3v) is 5.18. The van der Waals surface area contributed by atoms with Crippen molar-refractivity contribution in [1.82, 2.24) is 24.9 Å². The summed E-state index contributed by atoms with van der Waals surface area (Å²) in [6, 6.07) is -0.482.